The first kappa shape index (κ1) is 28.0. The molecule has 0 aliphatic carbocycles. The van der Waals surface area contributed by atoms with Gasteiger partial charge in [0.05, 0.1) is 0 Å². The first-order valence-corrected chi connectivity index (χ1v) is 17.4. The van der Waals surface area contributed by atoms with Gasteiger partial charge in [-0.25, -0.2) is 0 Å². The Hall–Kier alpha value is -5.07. The highest BCUT2D eigenvalue weighted by Crippen LogP contribution is 2.43. The maximum absolute atomic E-state index is 2.54. The number of fused-ring (bicyclic) bond motifs is 6. The van der Waals surface area contributed by atoms with Crippen LogP contribution in [0.5, 0.6) is 0 Å². The van der Waals surface area contributed by atoms with E-state index in [1.165, 1.54) is 87.3 Å². The summed E-state index contributed by atoms with van der Waals surface area (Å²) >= 11 is 0. The van der Waals surface area contributed by atoms with Gasteiger partial charge in [0.1, 0.15) is 0 Å². The summed E-state index contributed by atoms with van der Waals surface area (Å²) in [7, 11) is 0. The summed E-state index contributed by atoms with van der Waals surface area (Å²) in [6.45, 7) is 10.0. The zero-order valence-electron chi connectivity index (χ0n) is 28.0. The third kappa shape index (κ3) is 3.58. The predicted molar refractivity (Wildman–Crippen MR) is 209 cm³/mol. The Balaban J connectivity index is 1.35. The van der Waals surface area contributed by atoms with Gasteiger partial charge in [-0.2, -0.15) is 0 Å². The van der Waals surface area contributed by atoms with Crippen LogP contribution in [0, 0.1) is 0 Å². The highest BCUT2D eigenvalue weighted by Gasteiger charge is 2.43. The highest BCUT2D eigenvalue weighted by molar-refractivity contribution is 6.99. The number of hydrogen-bond acceptors (Lipinski definition) is 0. The highest BCUT2D eigenvalue weighted by atomic mass is 14.4. The van der Waals surface area contributed by atoms with Crippen molar-refractivity contribution in [1.29, 1.82) is 0 Å². The molecule has 226 valence electrons. The fourth-order valence-electron chi connectivity index (χ4n) is 9.87. The second-order valence-electron chi connectivity index (χ2n) is 15.2. The molecule has 8 aromatic carbocycles. The lowest BCUT2D eigenvalue weighted by Gasteiger charge is -2.41. The van der Waals surface area contributed by atoms with Crippen molar-refractivity contribution < 1.29 is 0 Å². The van der Waals surface area contributed by atoms with Crippen molar-refractivity contribution in [2.75, 3.05) is 0 Å². The van der Waals surface area contributed by atoms with Crippen LogP contribution < -0.4 is 32.8 Å². The lowest BCUT2D eigenvalue weighted by atomic mass is 9.30. The Bertz CT molecular complexity index is 2380. The number of hydrogen-bond donors (Lipinski definition) is 0. The summed E-state index contributed by atoms with van der Waals surface area (Å²) in [5.74, 6) is 0. The fraction of sp³-hybridized carbons (Fsp3) is 0.130. The van der Waals surface area contributed by atoms with E-state index >= 15 is 0 Å². The molecule has 8 aromatic rings. The van der Waals surface area contributed by atoms with E-state index in [9.17, 15) is 0 Å². The van der Waals surface area contributed by atoms with Gasteiger partial charge in [-0.1, -0.05) is 206 Å². The molecule has 2 heterocycles. The normalized spacial score (nSPS) is 15.8. The minimum absolute atomic E-state index is 0.118. The van der Waals surface area contributed by atoms with E-state index in [0.29, 0.717) is 0 Å². The van der Waals surface area contributed by atoms with Crippen LogP contribution in [0.3, 0.4) is 0 Å². The van der Waals surface area contributed by atoms with Crippen LogP contribution >= 0.6 is 0 Å². The minimum Gasteiger partial charge on any atom is -0.0686 e. The largest absolute Gasteiger partial charge is 0.242 e. The molecule has 10 rings (SSSR count). The van der Waals surface area contributed by atoms with Gasteiger partial charge >= 0.3 is 0 Å². The molecule has 0 fully saturated rings. The van der Waals surface area contributed by atoms with E-state index in [0.717, 1.165) is 0 Å². The zero-order chi connectivity index (χ0) is 32.4. The quantitative estimate of drug-likeness (QED) is 0.148. The Morgan fingerprint density at radius 3 is 1.17 bits per heavy atom. The fourth-order valence-corrected chi connectivity index (χ4v) is 9.87. The van der Waals surface area contributed by atoms with Gasteiger partial charge in [-0.15, -0.1) is 0 Å². The SMILES string of the molecule is CC1(C)c2ccccc2B(c2ccccc2)c2c1cc1ccc3c4c(cc5ccc2c1c53)C(C)(C)c1ccccc1B4c1ccccc1. The predicted octanol–water partition coefficient (Wildman–Crippen LogP) is 6.90. The van der Waals surface area contributed by atoms with Crippen molar-refractivity contribution in [2.24, 2.45) is 0 Å². The first-order valence-electron chi connectivity index (χ1n) is 17.4. The summed E-state index contributed by atoms with van der Waals surface area (Å²) in [5, 5.41) is 8.28. The molecule has 0 spiro atoms. The van der Waals surface area contributed by atoms with E-state index in [-0.39, 0.29) is 24.3 Å². The summed E-state index contributed by atoms with van der Waals surface area (Å²) in [5.41, 5.74) is 14.0. The Morgan fingerprint density at radius 2 is 0.750 bits per heavy atom. The molecule has 0 amide bonds. The van der Waals surface area contributed by atoms with Gasteiger partial charge in [-0.05, 0) is 54.6 Å². The first-order chi connectivity index (χ1) is 23.4. The Labute approximate surface area is 284 Å². The van der Waals surface area contributed by atoms with Gasteiger partial charge < -0.3 is 0 Å². The third-order valence-electron chi connectivity index (χ3n) is 12.1. The number of rotatable bonds is 2. The molecule has 0 radical (unpaired) electrons. The van der Waals surface area contributed by atoms with Crippen LogP contribution in [-0.4, -0.2) is 13.4 Å². The lowest BCUT2D eigenvalue weighted by molar-refractivity contribution is 0.647. The van der Waals surface area contributed by atoms with Crippen LogP contribution in [0.2, 0.25) is 0 Å². The van der Waals surface area contributed by atoms with E-state index < -0.39 is 0 Å². The average Bonchev–Trinajstić information content (AvgIpc) is 3.12. The molecule has 0 saturated heterocycles. The molecule has 0 atom stereocenters. The molecule has 0 aromatic heterocycles. The van der Waals surface area contributed by atoms with Gasteiger partial charge in [-0.3, -0.25) is 0 Å². The molecule has 0 saturated carbocycles. The van der Waals surface area contributed by atoms with Gasteiger partial charge in [0.2, 0.25) is 13.4 Å². The van der Waals surface area contributed by atoms with Gasteiger partial charge in [0, 0.05) is 10.8 Å². The van der Waals surface area contributed by atoms with Gasteiger partial charge in [0.25, 0.3) is 0 Å². The summed E-state index contributed by atoms with van der Waals surface area (Å²) < 4.78 is 0. The second kappa shape index (κ2) is 9.74. The van der Waals surface area contributed by atoms with Crippen LogP contribution in [0.4, 0.5) is 0 Å². The maximum Gasteiger partial charge on any atom is 0.242 e. The molecular weight excluding hydrogens is 574 g/mol. The summed E-state index contributed by atoms with van der Waals surface area (Å²) in [4.78, 5) is 0. The zero-order valence-corrected chi connectivity index (χ0v) is 28.0. The van der Waals surface area contributed by atoms with Gasteiger partial charge in [0.15, 0.2) is 0 Å². The Kier molecular flexibility index (Phi) is 5.68. The molecule has 0 N–H and O–H groups in total. The molecular formula is C46H36B2. The molecule has 0 unspecified atom stereocenters. The number of benzene rings is 8. The average molecular weight is 610 g/mol. The monoisotopic (exact) mass is 610 g/mol. The molecule has 2 aliphatic heterocycles. The van der Waals surface area contributed by atoms with Crippen molar-refractivity contribution in [3.63, 3.8) is 0 Å². The third-order valence-corrected chi connectivity index (χ3v) is 12.1. The van der Waals surface area contributed by atoms with Crippen LogP contribution in [0.15, 0.2) is 146 Å². The van der Waals surface area contributed by atoms with Crippen LogP contribution in [0.1, 0.15) is 49.9 Å². The molecule has 2 aliphatic rings. The molecule has 0 nitrogen and oxygen atoms in total. The van der Waals surface area contributed by atoms with Crippen molar-refractivity contribution in [1.82, 2.24) is 0 Å². The smallest absolute Gasteiger partial charge is 0.0686 e. The topological polar surface area (TPSA) is 0 Å². The minimum atomic E-state index is -0.118. The van der Waals surface area contributed by atoms with Crippen LogP contribution in [0.25, 0.3) is 32.3 Å². The standard InChI is InChI=1S/C46H36B2/c1-45(2)35-19-11-13-21-39(35)47(31-15-7-5-8-16-31)43-33-25-24-30-28-38-44(34-26-23-29(27-37(43)45)41(33)42(30)34)48(32-17-9-6-10-18-32)40-22-14-12-20-36(40)46(38,3)4/h5-28H,1-4H3. The molecule has 48 heavy (non-hydrogen) atoms. The van der Waals surface area contributed by atoms with Crippen molar-refractivity contribution in [3.8, 4) is 0 Å². The van der Waals surface area contributed by atoms with E-state index in [1.54, 1.807) is 0 Å². The van der Waals surface area contributed by atoms with Crippen molar-refractivity contribution >= 4 is 78.5 Å². The second-order valence-corrected chi connectivity index (χ2v) is 15.2. The van der Waals surface area contributed by atoms with E-state index in [1.807, 2.05) is 0 Å². The summed E-state index contributed by atoms with van der Waals surface area (Å²) in [6.07, 6.45) is 0. The summed E-state index contributed by atoms with van der Waals surface area (Å²) in [6, 6.07) is 55.5. The van der Waals surface area contributed by atoms with E-state index in [2.05, 4.69) is 173 Å². The van der Waals surface area contributed by atoms with Crippen LogP contribution in [-0.2, 0) is 10.8 Å². The van der Waals surface area contributed by atoms with Crippen molar-refractivity contribution in [3.05, 3.63) is 168 Å². The Morgan fingerprint density at radius 1 is 0.375 bits per heavy atom. The van der Waals surface area contributed by atoms with Crippen molar-refractivity contribution in [2.45, 2.75) is 38.5 Å². The maximum atomic E-state index is 2.54. The van der Waals surface area contributed by atoms with E-state index in [4.69, 9.17) is 0 Å². The molecule has 0 bridgehead atoms. The molecule has 2 heteroatoms. The lowest BCUT2D eigenvalue weighted by Crippen LogP contribution is -2.61.